The van der Waals surface area contributed by atoms with Crippen molar-refractivity contribution in [2.75, 3.05) is 5.75 Å². The van der Waals surface area contributed by atoms with Crippen LogP contribution in [-0.4, -0.2) is 5.75 Å². The third-order valence-electron chi connectivity index (χ3n) is 3.97. The summed E-state index contributed by atoms with van der Waals surface area (Å²) in [5.74, 6) is 1.95. The van der Waals surface area contributed by atoms with Crippen molar-refractivity contribution in [3.63, 3.8) is 0 Å². The zero-order valence-corrected chi connectivity index (χ0v) is 13.0. The van der Waals surface area contributed by atoms with Crippen LogP contribution in [0.1, 0.15) is 41.7 Å². The minimum absolute atomic E-state index is 0.153. The monoisotopic (exact) mass is 302 g/mol. The molecule has 2 unspecified atom stereocenters. The van der Waals surface area contributed by atoms with Gasteiger partial charge in [0.25, 0.3) is 0 Å². The third kappa shape index (κ3) is 3.21. The van der Waals surface area contributed by atoms with E-state index in [-0.39, 0.29) is 5.38 Å². The van der Waals surface area contributed by atoms with Gasteiger partial charge >= 0.3 is 0 Å². The van der Waals surface area contributed by atoms with E-state index in [1.165, 1.54) is 29.1 Å². The van der Waals surface area contributed by atoms with E-state index in [9.17, 15) is 0 Å². The first-order valence-corrected chi connectivity index (χ1v) is 8.67. The SMILES string of the molecule is ClC(CCCC1CSc2ccccc21)c1ccccc1. The lowest BCUT2D eigenvalue weighted by molar-refractivity contribution is 0.604. The molecule has 1 heterocycles. The number of hydrogen-bond acceptors (Lipinski definition) is 1. The van der Waals surface area contributed by atoms with Crippen molar-refractivity contribution in [3.8, 4) is 0 Å². The second kappa shape index (κ2) is 6.69. The van der Waals surface area contributed by atoms with Crippen LogP contribution in [0.15, 0.2) is 59.5 Å². The molecule has 1 aliphatic heterocycles. The molecule has 0 spiro atoms. The maximum Gasteiger partial charge on any atom is 0.0585 e. The van der Waals surface area contributed by atoms with E-state index < -0.39 is 0 Å². The van der Waals surface area contributed by atoms with Gasteiger partial charge in [0.15, 0.2) is 0 Å². The number of hydrogen-bond donors (Lipinski definition) is 0. The molecule has 2 aromatic rings. The third-order valence-corrected chi connectivity index (χ3v) is 5.69. The molecule has 1 aliphatic rings. The van der Waals surface area contributed by atoms with Gasteiger partial charge in [-0.1, -0.05) is 55.0 Å². The van der Waals surface area contributed by atoms with E-state index in [2.05, 4.69) is 48.5 Å². The fourth-order valence-electron chi connectivity index (χ4n) is 2.84. The van der Waals surface area contributed by atoms with E-state index >= 15 is 0 Å². The highest BCUT2D eigenvalue weighted by Crippen LogP contribution is 2.42. The van der Waals surface area contributed by atoms with Crippen LogP contribution in [0.25, 0.3) is 0 Å². The Morgan fingerprint density at radius 2 is 1.80 bits per heavy atom. The standard InChI is InChI=1S/C18H19ClS/c19-17(14-7-2-1-3-8-14)11-6-9-15-13-20-18-12-5-4-10-16(15)18/h1-5,7-8,10,12,15,17H,6,9,11,13H2. The van der Waals surface area contributed by atoms with E-state index in [1.807, 2.05) is 17.8 Å². The van der Waals surface area contributed by atoms with Crippen molar-refractivity contribution in [2.45, 2.75) is 35.5 Å². The van der Waals surface area contributed by atoms with Crippen LogP contribution >= 0.6 is 23.4 Å². The summed E-state index contributed by atoms with van der Waals surface area (Å²) in [5.41, 5.74) is 2.79. The van der Waals surface area contributed by atoms with Crippen LogP contribution in [0, 0.1) is 0 Å². The predicted molar refractivity (Wildman–Crippen MR) is 88.8 cm³/mol. The summed E-state index contributed by atoms with van der Waals surface area (Å²) in [5, 5.41) is 0.153. The van der Waals surface area contributed by atoms with Crippen molar-refractivity contribution < 1.29 is 0 Å². The van der Waals surface area contributed by atoms with Gasteiger partial charge in [-0.2, -0.15) is 0 Å². The largest absolute Gasteiger partial charge is 0.125 e. The summed E-state index contributed by atoms with van der Waals surface area (Å²) in [7, 11) is 0. The summed E-state index contributed by atoms with van der Waals surface area (Å²) in [4.78, 5) is 1.47. The molecule has 104 valence electrons. The molecule has 0 saturated heterocycles. The second-order valence-corrected chi connectivity index (χ2v) is 6.94. The van der Waals surface area contributed by atoms with Gasteiger partial charge in [0, 0.05) is 10.6 Å². The maximum absolute atomic E-state index is 6.49. The molecule has 2 heteroatoms. The Morgan fingerprint density at radius 1 is 1.05 bits per heavy atom. The molecule has 20 heavy (non-hydrogen) atoms. The molecule has 0 radical (unpaired) electrons. The summed E-state index contributed by atoms with van der Waals surface area (Å²) >= 11 is 8.48. The first-order chi connectivity index (χ1) is 9.84. The number of alkyl halides is 1. The fourth-order valence-corrected chi connectivity index (χ4v) is 4.44. The number of benzene rings is 2. The normalized spacial score (nSPS) is 18.8. The quantitative estimate of drug-likeness (QED) is 0.608. The highest BCUT2D eigenvalue weighted by atomic mass is 35.5. The van der Waals surface area contributed by atoms with Gasteiger partial charge in [0.1, 0.15) is 0 Å². The van der Waals surface area contributed by atoms with Crippen LogP contribution in [0.2, 0.25) is 0 Å². The van der Waals surface area contributed by atoms with Crippen molar-refractivity contribution in [3.05, 3.63) is 65.7 Å². The topological polar surface area (TPSA) is 0 Å². The van der Waals surface area contributed by atoms with Crippen LogP contribution in [0.5, 0.6) is 0 Å². The van der Waals surface area contributed by atoms with Crippen LogP contribution in [-0.2, 0) is 0 Å². The lowest BCUT2D eigenvalue weighted by Gasteiger charge is -2.13. The Balaban J connectivity index is 1.52. The van der Waals surface area contributed by atoms with Crippen LogP contribution in [0.3, 0.4) is 0 Å². The van der Waals surface area contributed by atoms with Gasteiger partial charge in [0.2, 0.25) is 0 Å². The van der Waals surface area contributed by atoms with Crippen LogP contribution < -0.4 is 0 Å². The van der Waals surface area contributed by atoms with Gasteiger partial charge in [-0.3, -0.25) is 0 Å². The summed E-state index contributed by atoms with van der Waals surface area (Å²) in [6.07, 6.45) is 3.51. The fraction of sp³-hybridized carbons (Fsp3) is 0.333. The molecule has 0 saturated carbocycles. The first kappa shape index (κ1) is 14.0. The molecule has 2 atom stereocenters. The zero-order valence-electron chi connectivity index (χ0n) is 11.5. The molecule has 0 nitrogen and oxygen atoms in total. The maximum atomic E-state index is 6.49. The van der Waals surface area contributed by atoms with Crippen molar-refractivity contribution in [1.82, 2.24) is 0 Å². The predicted octanol–water partition coefficient (Wildman–Crippen LogP) is 6.03. The summed E-state index contributed by atoms with van der Waals surface area (Å²) < 4.78 is 0. The van der Waals surface area contributed by atoms with E-state index in [4.69, 9.17) is 11.6 Å². The molecule has 0 aliphatic carbocycles. The van der Waals surface area contributed by atoms with Gasteiger partial charge in [-0.15, -0.1) is 23.4 Å². The van der Waals surface area contributed by atoms with Gasteiger partial charge in [0.05, 0.1) is 5.38 Å². The van der Waals surface area contributed by atoms with Crippen molar-refractivity contribution in [1.29, 1.82) is 0 Å². The smallest absolute Gasteiger partial charge is 0.0585 e. The summed E-state index contributed by atoms with van der Waals surface area (Å²) in [6, 6.07) is 19.2. The molecular formula is C18H19ClS. The van der Waals surface area contributed by atoms with Crippen LogP contribution in [0.4, 0.5) is 0 Å². The molecule has 0 aromatic heterocycles. The minimum Gasteiger partial charge on any atom is -0.125 e. The molecule has 3 rings (SSSR count). The zero-order chi connectivity index (χ0) is 13.8. The average molecular weight is 303 g/mol. The molecule has 2 aromatic carbocycles. The Morgan fingerprint density at radius 3 is 2.65 bits per heavy atom. The van der Waals surface area contributed by atoms with E-state index in [0.29, 0.717) is 0 Å². The number of rotatable bonds is 5. The van der Waals surface area contributed by atoms with E-state index in [0.717, 1.165) is 12.3 Å². The first-order valence-electron chi connectivity index (χ1n) is 7.25. The Kier molecular flexibility index (Phi) is 4.69. The van der Waals surface area contributed by atoms with Crippen molar-refractivity contribution in [2.24, 2.45) is 0 Å². The highest BCUT2D eigenvalue weighted by molar-refractivity contribution is 7.99. The average Bonchev–Trinajstić information content (AvgIpc) is 2.92. The highest BCUT2D eigenvalue weighted by Gasteiger charge is 2.22. The van der Waals surface area contributed by atoms with Crippen molar-refractivity contribution >= 4 is 23.4 Å². The Hall–Kier alpha value is -0.920. The Bertz CT molecular complexity index is 552. The summed E-state index contributed by atoms with van der Waals surface area (Å²) in [6.45, 7) is 0. The molecule has 0 fully saturated rings. The lowest BCUT2D eigenvalue weighted by Crippen LogP contribution is -1.98. The van der Waals surface area contributed by atoms with Gasteiger partial charge in [-0.05, 0) is 36.0 Å². The van der Waals surface area contributed by atoms with Gasteiger partial charge < -0.3 is 0 Å². The number of fused-ring (bicyclic) bond motifs is 1. The number of thioether (sulfide) groups is 1. The molecule has 0 N–H and O–H groups in total. The second-order valence-electron chi connectivity index (χ2n) is 5.35. The lowest BCUT2D eigenvalue weighted by atomic mass is 9.94. The number of halogens is 1. The Labute approximate surface area is 130 Å². The minimum atomic E-state index is 0.153. The molecular weight excluding hydrogens is 284 g/mol. The van der Waals surface area contributed by atoms with Gasteiger partial charge in [-0.25, -0.2) is 0 Å². The molecule has 0 bridgehead atoms. The van der Waals surface area contributed by atoms with E-state index in [1.54, 1.807) is 5.56 Å². The molecule has 0 amide bonds.